The van der Waals surface area contributed by atoms with Gasteiger partial charge in [-0.05, 0) is 40.2 Å². The molecule has 1 amide bonds. The van der Waals surface area contributed by atoms with E-state index in [1.807, 2.05) is 16.3 Å². The van der Waals surface area contributed by atoms with Gasteiger partial charge in [0.25, 0.3) is 5.91 Å². The van der Waals surface area contributed by atoms with Gasteiger partial charge in [0.15, 0.2) is 0 Å². The van der Waals surface area contributed by atoms with E-state index in [0.717, 1.165) is 35.3 Å². The maximum atomic E-state index is 12.2. The minimum absolute atomic E-state index is 0.0568. The maximum Gasteiger partial charge on any atom is 0.265 e. The minimum atomic E-state index is 0.0568. The first-order chi connectivity index (χ1) is 8.72. The number of rotatable bonds is 4. The fraction of sp³-hybridized carbons (Fsp3) is 0.583. The molecule has 1 aromatic heterocycles. The Labute approximate surface area is 119 Å². The number of ether oxygens (including phenoxy) is 1. The highest BCUT2D eigenvalue weighted by Gasteiger charge is 2.25. The first-order valence-electron chi connectivity index (χ1n) is 5.97. The average Bonchev–Trinajstić information content (AvgIpc) is 2.82. The van der Waals surface area contributed by atoms with Crippen LogP contribution in [0.5, 0.6) is 0 Å². The number of hydrogen-bond acceptors (Lipinski definition) is 4. The van der Waals surface area contributed by atoms with Crippen molar-refractivity contribution in [1.29, 1.82) is 0 Å². The Morgan fingerprint density at radius 1 is 1.56 bits per heavy atom. The van der Waals surface area contributed by atoms with Crippen LogP contribution in [0.2, 0.25) is 0 Å². The Morgan fingerprint density at radius 3 is 2.83 bits per heavy atom. The summed E-state index contributed by atoms with van der Waals surface area (Å²) in [6.45, 7) is 1.88. The normalized spacial score (nSPS) is 17.1. The lowest BCUT2D eigenvalue weighted by atomic mass is 10.1. The molecule has 0 aliphatic carbocycles. The summed E-state index contributed by atoms with van der Waals surface area (Å²) in [5.74, 6) is 0.0949. The molecule has 1 saturated heterocycles. The maximum absolute atomic E-state index is 12.2. The summed E-state index contributed by atoms with van der Waals surface area (Å²) in [6.07, 6.45) is 1.86. The second-order valence-corrected chi connectivity index (χ2v) is 5.95. The van der Waals surface area contributed by atoms with Gasteiger partial charge in [0.05, 0.1) is 19.3 Å². The van der Waals surface area contributed by atoms with E-state index in [1.165, 1.54) is 11.3 Å². The first kappa shape index (κ1) is 14.0. The number of aliphatic hydroxyl groups excluding tert-OH is 1. The number of aliphatic hydroxyl groups is 1. The molecule has 1 aromatic rings. The van der Waals surface area contributed by atoms with E-state index in [4.69, 9.17) is 9.84 Å². The van der Waals surface area contributed by atoms with Crippen LogP contribution >= 0.6 is 27.3 Å². The van der Waals surface area contributed by atoms with Gasteiger partial charge in [0, 0.05) is 17.6 Å². The third kappa shape index (κ3) is 3.32. The van der Waals surface area contributed by atoms with Crippen LogP contribution in [0, 0.1) is 0 Å². The van der Waals surface area contributed by atoms with Crippen LogP contribution in [-0.2, 0) is 4.74 Å². The molecular weight excluding hydrogens is 318 g/mol. The fourth-order valence-corrected chi connectivity index (χ4v) is 3.54. The molecule has 1 fully saturated rings. The van der Waals surface area contributed by atoms with Gasteiger partial charge in [-0.2, -0.15) is 0 Å². The number of thiophene rings is 1. The third-order valence-electron chi connectivity index (χ3n) is 2.99. The molecule has 0 atom stereocenters. The smallest absolute Gasteiger partial charge is 0.265 e. The lowest BCUT2D eigenvalue weighted by molar-refractivity contribution is -0.00546. The molecule has 100 valence electrons. The highest BCUT2D eigenvalue weighted by molar-refractivity contribution is 9.10. The number of piperidine rings is 1. The van der Waals surface area contributed by atoms with Crippen LogP contribution in [-0.4, -0.2) is 48.3 Å². The van der Waals surface area contributed by atoms with Crippen LogP contribution in [0.15, 0.2) is 15.9 Å². The highest BCUT2D eigenvalue weighted by atomic mass is 79.9. The van der Waals surface area contributed by atoms with E-state index in [9.17, 15) is 4.79 Å². The molecule has 0 aromatic carbocycles. The molecule has 1 N–H and O–H groups in total. The Balaban J connectivity index is 1.86. The number of halogens is 1. The van der Waals surface area contributed by atoms with Gasteiger partial charge in [-0.15, -0.1) is 11.3 Å². The fourth-order valence-electron chi connectivity index (χ4n) is 2.03. The zero-order valence-electron chi connectivity index (χ0n) is 9.97. The van der Waals surface area contributed by atoms with Crippen molar-refractivity contribution in [3.8, 4) is 0 Å². The van der Waals surface area contributed by atoms with Crippen molar-refractivity contribution in [3.05, 3.63) is 20.8 Å². The van der Waals surface area contributed by atoms with Gasteiger partial charge in [0.1, 0.15) is 4.88 Å². The predicted molar refractivity (Wildman–Crippen MR) is 74.0 cm³/mol. The van der Waals surface area contributed by atoms with Crippen LogP contribution in [0.3, 0.4) is 0 Å². The molecular formula is C12H16BrNO3S. The molecule has 1 aliphatic rings. The molecule has 2 rings (SSSR count). The molecule has 0 saturated carbocycles. The zero-order chi connectivity index (χ0) is 13.0. The quantitative estimate of drug-likeness (QED) is 0.918. The molecule has 2 heterocycles. The summed E-state index contributed by atoms with van der Waals surface area (Å²) >= 11 is 4.85. The standard InChI is InChI=1S/C12H16BrNO3S/c13-10-3-8-18-11(10)12(16)14-4-1-9(2-5-14)17-7-6-15/h3,8-9,15H,1-2,4-7H2. The van der Waals surface area contributed by atoms with E-state index in [2.05, 4.69) is 15.9 Å². The molecule has 0 unspecified atom stereocenters. The number of hydrogen-bond donors (Lipinski definition) is 1. The first-order valence-corrected chi connectivity index (χ1v) is 7.64. The van der Waals surface area contributed by atoms with Crippen molar-refractivity contribution in [3.63, 3.8) is 0 Å². The second-order valence-electron chi connectivity index (χ2n) is 4.18. The molecule has 4 nitrogen and oxygen atoms in total. The van der Waals surface area contributed by atoms with Crippen molar-refractivity contribution in [1.82, 2.24) is 4.90 Å². The monoisotopic (exact) mass is 333 g/mol. The highest BCUT2D eigenvalue weighted by Crippen LogP contribution is 2.25. The SMILES string of the molecule is O=C(c1sccc1Br)N1CCC(OCCO)CC1. The van der Waals surface area contributed by atoms with E-state index < -0.39 is 0 Å². The Morgan fingerprint density at radius 2 is 2.28 bits per heavy atom. The van der Waals surface area contributed by atoms with E-state index in [1.54, 1.807) is 0 Å². The van der Waals surface area contributed by atoms with Crippen molar-refractivity contribution in [2.24, 2.45) is 0 Å². The van der Waals surface area contributed by atoms with Crippen molar-refractivity contribution >= 4 is 33.2 Å². The van der Waals surface area contributed by atoms with Crippen LogP contribution < -0.4 is 0 Å². The zero-order valence-corrected chi connectivity index (χ0v) is 12.4. The average molecular weight is 334 g/mol. The summed E-state index contributed by atoms with van der Waals surface area (Å²) in [5, 5.41) is 10.6. The Bertz CT molecular complexity index is 402. The van der Waals surface area contributed by atoms with E-state index in [-0.39, 0.29) is 18.6 Å². The predicted octanol–water partition coefficient (Wildman–Crippen LogP) is 2.12. The molecule has 6 heteroatoms. The topological polar surface area (TPSA) is 49.8 Å². The van der Waals surface area contributed by atoms with Gasteiger partial charge in [-0.1, -0.05) is 0 Å². The van der Waals surface area contributed by atoms with Crippen LogP contribution in [0.4, 0.5) is 0 Å². The van der Waals surface area contributed by atoms with Crippen LogP contribution in [0.1, 0.15) is 22.5 Å². The number of carbonyl (C=O) groups excluding carboxylic acids is 1. The number of nitrogens with zero attached hydrogens (tertiary/aromatic N) is 1. The van der Waals surface area contributed by atoms with Gasteiger partial charge in [-0.3, -0.25) is 4.79 Å². The largest absolute Gasteiger partial charge is 0.394 e. The summed E-state index contributed by atoms with van der Waals surface area (Å²) in [4.78, 5) is 14.9. The summed E-state index contributed by atoms with van der Waals surface area (Å²) in [6, 6.07) is 1.90. The number of likely N-dealkylation sites (tertiary alicyclic amines) is 1. The van der Waals surface area contributed by atoms with E-state index >= 15 is 0 Å². The van der Waals surface area contributed by atoms with E-state index in [0.29, 0.717) is 6.61 Å². The van der Waals surface area contributed by atoms with Gasteiger partial charge >= 0.3 is 0 Å². The molecule has 1 aliphatic heterocycles. The lowest BCUT2D eigenvalue weighted by Gasteiger charge is -2.31. The van der Waals surface area contributed by atoms with Crippen molar-refractivity contribution in [2.45, 2.75) is 18.9 Å². The minimum Gasteiger partial charge on any atom is -0.394 e. The van der Waals surface area contributed by atoms with Crippen molar-refractivity contribution < 1.29 is 14.6 Å². The number of amides is 1. The second kappa shape index (κ2) is 6.65. The van der Waals surface area contributed by atoms with Crippen molar-refractivity contribution in [2.75, 3.05) is 26.3 Å². The van der Waals surface area contributed by atoms with Gasteiger partial charge < -0.3 is 14.7 Å². The summed E-state index contributed by atoms with van der Waals surface area (Å²) in [7, 11) is 0. The molecule has 0 radical (unpaired) electrons. The molecule has 0 bridgehead atoms. The Hall–Kier alpha value is -0.430. The summed E-state index contributed by atoms with van der Waals surface area (Å²) in [5.41, 5.74) is 0. The Kier molecular flexibility index (Phi) is 5.17. The number of carbonyl (C=O) groups is 1. The molecule has 0 spiro atoms. The summed E-state index contributed by atoms with van der Waals surface area (Å²) < 4.78 is 6.35. The van der Waals surface area contributed by atoms with Gasteiger partial charge in [0.2, 0.25) is 0 Å². The molecule has 18 heavy (non-hydrogen) atoms. The third-order valence-corrected chi connectivity index (χ3v) is 4.81. The lowest BCUT2D eigenvalue weighted by Crippen LogP contribution is -2.40. The van der Waals surface area contributed by atoms with Gasteiger partial charge in [-0.25, -0.2) is 0 Å². The van der Waals surface area contributed by atoms with Crippen LogP contribution in [0.25, 0.3) is 0 Å².